The fourth-order valence-corrected chi connectivity index (χ4v) is 2.48. The molecule has 0 N–H and O–H groups in total. The first-order valence-corrected chi connectivity index (χ1v) is 6.95. The first-order chi connectivity index (χ1) is 8.24. The lowest BCUT2D eigenvalue weighted by Gasteiger charge is -2.04. The normalized spacial score (nSPS) is 10.5. The summed E-state index contributed by atoms with van der Waals surface area (Å²) in [5, 5.41) is 4.55. The fourth-order valence-electron chi connectivity index (χ4n) is 1.58. The van der Waals surface area contributed by atoms with Gasteiger partial charge in [0.05, 0.1) is 0 Å². The van der Waals surface area contributed by atoms with E-state index in [9.17, 15) is 0 Å². The van der Waals surface area contributed by atoms with Crippen LogP contribution in [0.1, 0.15) is 11.1 Å². The Balaban J connectivity index is 1.87. The quantitative estimate of drug-likeness (QED) is 0.767. The topological polar surface area (TPSA) is 14.1 Å². The van der Waals surface area contributed by atoms with E-state index in [-0.39, 0.29) is 0 Å². The molecular formula is C14H12Br2N. The highest BCUT2D eigenvalue weighted by molar-refractivity contribution is 9.10. The summed E-state index contributed by atoms with van der Waals surface area (Å²) in [6, 6.07) is 16.5. The zero-order valence-corrected chi connectivity index (χ0v) is 12.4. The maximum absolute atomic E-state index is 4.55. The summed E-state index contributed by atoms with van der Waals surface area (Å²) < 4.78 is 2.21. The third-order valence-corrected chi connectivity index (χ3v) is 3.35. The highest BCUT2D eigenvalue weighted by atomic mass is 79.9. The van der Waals surface area contributed by atoms with E-state index in [1.54, 1.807) is 0 Å². The summed E-state index contributed by atoms with van der Waals surface area (Å²) >= 11 is 6.92. The van der Waals surface area contributed by atoms with Crippen LogP contribution in [0.2, 0.25) is 0 Å². The van der Waals surface area contributed by atoms with Crippen molar-refractivity contribution in [2.45, 2.75) is 13.1 Å². The van der Waals surface area contributed by atoms with E-state index in [4.69, 9.17) is 0 Å². The molecule has 0 fully saturated rings. The Labute approximate surface area is 119 Å². The van der Waals surface area contributed by atoms with Gasteiger partial charge in [0.25, 0.3) is 0 Å². The van der Waals surface area contributed by atoms with Crippen LogP contribution in [0.3, 0.4) is 0 Å². The van der Waals surface area contributed by atoms with Gasteiger partial charge in [0.2, 0.25) is 0 Å². The molecule has 0 amide bonds. The Morgan fingerprint density at radius 2 is 1.24 bits per heavy atom. The van der Waals surface area contributed by atoms with Gasteiger partial charge in [-0.2, -0.15) is 0 Å². The van der Waals surface area contributed by atoms with E-state index in [1.165, 1.54) is 11.1 Å². The minimum atomic E-state index is 0.756. The maximum Gasteiger partial charge on any atom is 0.0388 e. The number of hydrogen-bond acceptors (Lipinski definition) is 0. The van der Waals surface area contributed by atoms with Gasteiger partial charge in [0.1, 0.15) is 0 Å². The largest absolute Gasteiger partial charge is 0.232 e. The minimum Gasteiger partial charge on any atom is -0.232 e. The van der Waals surface area contributed by atoms with Crippen molar-refractivity contribution in [2.24, 2.45) is 0 Å². The predicted molar refractivity (Wildman–Crippen MR) is 77.8 cm³/mol. The fraction of sp³-hybridized carbons (Fsp3) is 0.143. The lowest BCUT2D eigenvalue weighted by atomic mass is 10.2. The van der Waals surface area contributed by atoms with Crippen molar-refractivity contribution in [1.29, 1.82) is 0 Å². The van der Waals surface area contributed by atoms with E-state index in [0.717, 1.165) is 22.0 Å². The minimum absolute atomic E-state index is 0.756. The molecule has 0 aliphatic heterocycles. The molecular weight excluding hydrogens is 342 g/mol. The monoisotopic (exact) mass is 352 g/mol. The number of rotatable bonds is 4. The Hall–Kier alpha value is -0.640. The molecule has 0 atom stereocenters. The second kappa shape index (κ2) is 6.34. The van der Waals surface area contributed by atoms with Gasteiger partial charge in [-0.05, 0) is 35.4 Å². The molecule has 2 aromatic carbocycles. The van der Waals surface area contributed by atoms with Gasteiger partial charge >= 0.3 is 0 Å². The Kier molecular flexibility index (Phi) is 4.77. The number of halogens is 2. The summed E-state index contributed by atoms with van der Waals surface area (Å²) in [4.78, 5) is 0. The lowest BCUT2D eigenvalue weighted by Crippen LogP contribution is -2.04. The molecule has 1 radical (unpaired) electrons. The van der Waals surface area contributed by atoms with Gasteiger partial charge in [0, 0.05) is 22.0 Å². The van der Waals surface area contributed by atoms with E-state index in [2.05, 4.69) is 61.4 Å². The van der Waals surface area contributed by atoms with Gasteiger partial charge in [-0.25, -0.2) is 5.32 Å². The molecule has 0 bridgehead atoms. The molecule has 0 unspecified atom stereocenters. The highest BCUT2D eigenvalue weighted by Gasteiger charge is 1.97. The average Bonchev–Trinajstić information content (AvgIpc) is 2.29. The zero-order valence-electron chi connectivity index (χ0n) is 9.24. The van der Waals surface area contributed by atoms with Crippen molar-refractivity contribution in [1.82, 2.24) is 5.32 Å². The van der Waals surface area contributed by atoms with Gasteiger partial charge in [-0.1, -0.05) is 56.1 Å². The SMILES string of the molecule is Brc1cccc(C[N]Cc2cccc(Br)c2)c1. The number of benzene rings is 2. The van der Waals surface area contributed by atoms with Crippen LogP contribution in [0.15, 0.2) is 57.5 Å². The zero-order chi connectivity index (χ0) is 12.1. The lowest BCUT2D eigenvalue weighted by molar-refractivity contribution is 0.676. The van der Waals surface area contributed by atoms with Crippen molar-refractivity contribution in [3.8, 4) is 0 Å². The second-order valence-corrected chi connectivity index (χ2v) is 5.63. The Bertz CT molecular complexity index is 452. The van der Waals surface area contributed by atoms with Gasteiger partial charge in [-0.3, -0.25) is 0 Å². The molecule has 2 aromatic rings. The molecule has 0 spiro atoms. The molecule has 0 heterocycles. The summed E-state index contributed by atoms with van der Waals surface area (Å²) in [5.74, 6) is 0. The van der Waals surface area contributed by atoms with Crippen molar-refractivity contribution in [2.75, 3.05) is 0 Å². The number of hydrogen-bond donors (Lipinski definition) is 0. The van der Waals surface area contributed by atoms with E-state index in [1.807, 2.05) is 24.3 Å². The van der Waals surface area contributed by atoms with Crippen LogP contribution in [-0.2, 0) is 13.1 Å². The molecule has 87 valence electrons. The average molecular weight is 354 g/mol. The highest BCUT2D eigenvalue weighted by Crippen LogP contribution is 2.13. The standard InChI is InChI=1S/C14H12Br2N/c15-13-5-1-3-11(7-13)9-17-10-12-4-2-6-14(16)8-12/h1-8H,9-10H2. The second-order valence-electron chi connectivity index (χ2n) is 3.80. The van der Waals surface area contributed by atoms with E-state index in [0.29, 0.717) is 0 Å². The van der Waals surface area contributed by atoms with Crippen molar-refractivity contribution in [3.63, 3.8) is 0 Å². The summed E-state index contributed by atoms with van der Waals surface area (Å²) in [6.45, 7) is 1.51. The van der Waals surface area contributed by atoms with Crippen LogP contribution < -0.4 is 5.32 Å². The van der Waals surface area contributed by atoms with Crippen LogP contribution in [0.5, 0.6) is 0 Å². The van der Waals surface area contributed by atoms with Crippen LogP contribution in [0.25, 0.3) is 0 Å². The van der Waals surface area contributed by atoms with Crippen LogP contribution in [-0.4, -0.2) is 0 Å². The molecule has 3 heteroatoms. The smallest absolute Gasteiger partial charge is 0.0388 e. The molecule has 0 aromatic heterocycles. The van der Waals surface area contributed by atoms with Crippen LogP contribution in [0, 0.1) is 0 Å². The molecule has 0 aliphatic carbocycles. The Morgan fingerprint density at radius 3 is 1.65 bits per heavy atom. The third-order valence-electron chi connectivity index (χ3n) is 2.37. The Morgan fingerprint density at radius 1 is 0.765 bits per heavy atom. The third kappa shape index (κ3) is 4.26. The van der Waals surface area contributed by atoms with Gasteiger partial charge in [-0.15, -0.1) is 0 Å². The summed E-state index contributed by atoms with van der Waals surface area (Å²) in [6.07, 6.45) is 0. The first kappa shape index (κ1) is 12.8. The van der Waals surface area contributed by atoms with Crippen molar-refractivity contribution in [3.05, 3.63) is 68.6 Å². The van der Waals surface area contributed by atoms with E-state index >= 15 is 0 Å². The van der Waals surface area contributed by atoms with Crippen LogP contribution in [0.4, 0.5) is 0 Å². The molecule has 0 aliphatic rings. The molecule has 17 heavy (non-hydrogen) atoms. The van der Waals surface area contributed by atoms with Crippen LogP contribution >= 0.6 is 31.9 Å². The van der Waals surface area contributed by atoms with Gasteiger partial charge in [0.15, 0.2) is 0 Å². The molecule has 0 saturated carbocycles. The molecule has 2 rings (SSSR count). The summed E-state index contributed by atoms with van der Waals surface area (Å²) in [7, 11) is 0. The van der Waals surface area contributed by atoms with Crippen molar-refractivity contribution < 1.29 is 0 Å². The summed E-state index contributed by atoms with van der Waals surface area (Å²) in [5.41, 5.74) is 2.46. The first-order valence-electron chi connectivity index (χ1n) is 5.36. The van der Waals surface area contributed by atoms with Gasteiger partial charge < -0.3 is 0 Å². The van der Waals surface area contributed by atoms with Crippen molar-refractivity contribution >= 4 is 31.9 Å². The molecule has 0 saturated heterocycles. The maximum atomic E-state index is 4.55. The molecule has 1 nitrogen and oxygen atoms in total. The van der Waals surface area contributed by atoms with E-state index < -0.39 is 0 Å². The predicted octanol–water partition coefficient (Wildman–Crippen LogP) is 4.52. The number of nitrogens with zero attached hydrogens (tertiary/aromatic N) is 1.